The van der Waals surface area contributed by atoms with Gasteiger partial charge in [0.1, 0.15) is 0 Å². The Morgan fingerprint density at radius 3 is 2.65 bits per heavy atom. The first-order valence-electron chi connectivity index (χ1n) is 6.47. The molecular formula is C15H21NO. The topological polar surface area (TPSA) is 20.3 Å². The van der Waals surface area contributed by atoms with Crippen molar-refractivity contribution in [1.29, 1.82) is 0 Å². The standard InChI is InChI=1S/C15H21NO/c1-12(2)10-14-15(17)8-9-16(14)11-13-6-4-3-5-7-13/h3-7,12,14H,8-11H2,1-2H3. The van der Waals surface area contributed by atoms with Gasteiger partial charge in [0.25, 0.3) is 0 Å². The Morgan fingerprint density at radius 2 is 2.00 bits per heavy atom. The number of benzene rings is 1. The Balaban J connectivity index is 2.02. The van der Waals surface area contributed by atoms with E-state index in [0.717, 1.165) is 25.9 Å². The minimum absolute atomic E-state index is 0.148. The summed E-state index contributed by atoms with van der Waals surface area (Å²) in [6, 6.07) is 10.6. The van der Waals surface area contributed by atoms with Crippen molar-refractivity contribution in [2.75, 3.05) is 6.54 Å². The molecule has 0 saturated carbocycles. The fourth-order valence-corrected chi connectivity index (χ4v) is 2.51. The van der Waals surface area contributed by atoms with Gasteiger partial charge in [-0.1, -0.05) is 44.2 Å². The van der Waals surface area contributed by atoms with Crippen molar-refractivity contribution in [3.05, 3.63) is 35.9 Å². The second-order valence-electron chi connectivity index (χ2n) is 5.32. The molecule has 1 saturated heterocycles. The maximum Gasteiger partial charge on any atom is 0.151 e. The van der Waals surface area contributed by atoms with Crippen molar-refractivity contribution in [3.63, 3.8) is 0 Å². The third-order valence-electron chi connectivity index (χ3n) is 3.38. The molecule has 0 aliphatic carbocycles. The lowest BCUT2D eigenvalue weighted by atomic mass is 10.0. The molecule has 2 nitrogen and oxygen atoms in total. The number of hydrogen-bond acceptors (Lipinski definition) is 2. The summed E-state index contributed by atoms with van der Waals surface area (Å²) in [6.45, 7) is 6.20. The van der Waals surface area contributed by atoms with Crippen LogP contribution in [0.15, 0.2) is 30.3 Å². The highest BCUT2D eigenvalue weighted by atomic mass is 16.1. The van der Waals surface area contributed by atoms with Crippen LogP contribution in [0, 0.1) is 5.92 Å². The van der Waals surface area contributed by atoms with Crippen molar-refractivity contribution in [2.24, 2.45) is 5.92 Å². The van der Waals surface area contributed by atoms with E-state index in [2.05, 4.69) is 43.0 Å². The number of likely N-dealkylation sites (tertiary alicyclic amines) is 1. The normalized spacial score (nSPS) is 21.4. The van der Waals surface area contributed by atoms with Crippen LogP contribution in [0.2, 0.25) is 0 Å². The Morgan fingerprint density at radius 1 is 1.29 bits per heavy atom. The molecule has 1 heterocycles. The van der Waals surface area contributed by atoms with Gasteiger partial charge in [0.05, 0.1) is 6.04 Å². The van der Waals surface area contributed by atoms with E-state index in [-0.39, 0.29) is 6.04 Å². The monoisotopic (exact) mass is 231 g/mol. The van der Waals surface area contributed by atoms with Crippen LogP contribution in [0.4, 0.5) is 0 Å². The van der Waals surface area contributed by atoms with Crippen LogP contribution in [0.3, 0.4) is 0 Å². The zero-order valence-corrected chi connectivity index (χ0v) is 10.7. The lowest BCUT2D eigenvalue weighted by Crippen LogP contribution is -2.33. The van der Waals surface area contributed by atoms with Crippen LogP contribution >= 0.6 is 0 Å². The van der Waals surface area contributed by atoms with Gasteiger partial charge in [-0.15, -0.1) is 0 Å². The summed E-state index contributed by atoms with van der Waals surface area (Å²) in [5, 5.41) is 0. The van der Waals surface area contributed by atoms with Crippen molar-refractivity contribution < 1.29 is 4.79 Å². The minimum Gasteiger partial charge on any atom is -0.298 e. The van der Waals surface area contributed by atoms with Gasteiger partial charge < -0.3 is 0 Å². The molecule has 0 bridgehead atoms. The van der Waals surface area contributed by atoms with Crippen molar-refractivity contribution in [2.45, 2.75) is 39.3 Å². The molecule has 0 radical (unpaired) electrons. The first-order valence-corrected chi connectivity index (χ1v) is 6.47. The number of ketones is 1. The predicted molar refractivity (Wildman–Crippen MR) is 69.7 cm³/mol. The lowest BCUT2D eigenvalue weighted by Gasteiger charge is -2.24. The van der Waals surface area contributed by atoms with Crippen LogP contribution < -0.4 is 0 Å². The second-order valence-corrected chi connectivity index (χ2v) is 5.32. The molecule has 1 atom stereocenters. The van der Waals surface area contributed by atoms with Crippen molar-refractivity contribution in [1.82, 2.24) is 4.90 Å². The van der Waals surface area contributed by atoms with Crippen LogP contribution in [0.1, 0.15) is 32.3 Å². The fraction of sp³-hybridized carbons (Fsp3) is 0.533. The first kappa shape index (κ1) is 12.3. The molecule has 92 valence electrons. The smallest absolute Gasteiger partial charge is 0.151 e. The Bertz CT molecular complexity index is 372. The van der Waals surface area contributed by atoms with Crippen molar-refractivity contribution >= 4 is 5.78 Å². The molecule has 1 fully saturated rings. The highest BCUT2D eigenvalue weighted by molar-refractivity contribution is 5.86. The summed E-state index contributed by atoms with van der Waals surface area (Å²) in [7, 11) is 0. The number of carbonyl (C=O) groups excluding carboxylic acids is 1. The Labute approximate surface area is 104 Å². The molecule has 2 rings (SSSR count). The second kappa shape index (κ2) is 5.46. The van der Waals surface area contributed by atoms with E-state index in [9.17, 15) is 4.79 Å². The molecule has 0 amide bonds. The van der Waals surface area contributed by atoms with E-state index >= 15 is 0 Å². The molecule has 0 N–H and O–H groups in total. The Hall–Kier alpha value is -1.15. The van der Waals surface area contributed by atoms with Crippen molar-refractivity contribution in [3.8, 4) is 0 Å². The van der Waals surface area contributed by atoms with Gasteiger partial charge >= 0.3 is 0 Å². The SMILES string of the molecule is CC(C)CC1C(=O)CCN1Cc1ccccc1. The molecule has 17 heavy (non-hydrogen) atoms. The van der Waals surface area contributed by atoms with E-state index < -0.39 is 0 Å². The van der Waals surface area contributed by atoms with Crippen LogP contribution in [0.25, 0.3) is 0 Å². The molecule has 1 aromatic carbocycles. The van der Waals surface area contributed by atoms with Crippen LogP contribution in [-0.2, 0) is 11.3 Å². The Kier molecular flexibility index (Phi) is 3.95. The molecule has 1 unspecified atom stereocenters. The van der Waals surface area contributed by atoms with E-state index in [1.807, 2.05) is 6.07 Å². The number of nitrogens with zero attached hydrogens (tertiary/aromatic N) is 1. The van der Waals surface area contributed by atoms with Gasteiger partial charge in [-0.3, -0.25) is 9.69 Å². The molecular weight excluding hydrogens is 210 g/mol. The zero-order valence-electron chi connectivity index (χ0n) is 10.7. The predicted octanol–water partition coefficient (Wildman–Crippen LogP) is 2.88. The molecule has 0 aromatic heterocycles. The molecule has 2 heteroatoms. The summed E-state index contributed by atoms with van der Waals surface area (Å²) < 4.78 is 0. The highest BCUT2D eigenvalue weighted by Gasteiger charge is 2.32. The maximum atomic E-state index is 11.9. The number of hydrogen-bond donors (Lipinski definition) is 0. The third kappa shape index (κ3) is 3.16. The largest absolute Gasteiger partial charge is 0.298 e. The van der Waals surface area contributed by atoms with Gasteiger partial charge in [0.2, 0.25) is 0 Å². The lowest BCUT2D eigenvalue weighted by molar-refractivity contribution is -0.120. The number of Topliss-reactive ketones (excluding diaryl/α,β-unsaturated/α-hetero) is 1. The summed E-state index contributed by atoms with van der Waals surface area (Å²) in [5.74, 6) is 1.01. The van der Waals surface area contributed by atoms with Gasteiger partial charge in [-0.25, -0.2) is 0 Å². The van der Waals surface area contributed by atoms with E-state index in [0.29, 0.717) is 11.7 Å². The van der Waals surface area contributed by atoms with Gasteiger partial charge in [-0.05, 0) is 17.9 Å². The van der Waals surface area contributed by atoms with Gasteiger partial charge in [-0.2, -0.15) is 0 Å². The van der Waals surface area contributed by atoms with E-state index in [1.165, 1.54) is 5.56 Å². The third-order valence-corrected chi connectivity index (χ3v) is 3.38. The minimum atomic E-state index is 0.148. The van der Waals surface area contributed by atoms with Gasteiger partial charge in [0.15, 0.2) is 5.78 Å². The summed E-state index contributed by atoms with van der Waals surface area (Å²) in [6.07, 6.45) is 1.72. The number of rotatable bonds is 4. The quantitative estimate of drug-likeness (QED) is 0.794. The summed E-state index contributed by atoms with van der Waals surface area (Å²) in [4.78, 5) is 14.2. The molecule has 0 spiro atoms. The molecule has 1 aliphatic heterocycles. The molecule has 1 aliphatic rings. The van der Waals surface area contributed by atoms with Crippen LogP contribution in [0.5, 0.6) is 0 Å². The highest BCUT2D eigenvalue weighted by Crippen LogP contribution is 2.22. The van der Waals surface area contributed by atoms with E-state index in [1.54, 1.807) is 0 Å². The summed E-state index contributed by atoms with van der Waals surface area (Å²) in [5.41, 5.74) is 1.30. The fourth-order valence-electron chi connectivity index (χ4n) is 2.51. The number of carbonyl (C=O) groups is 1. The maximum absolute atomic E-state index is 11.9. The van der Waals surface area contributed by atoms with E-state index in [4.69, 9.17) is 0 Å². The molecule has 1 aromatic rings. The average molecular weight is 231 g/mol. The average Bonchev–Trinajstić information content (AvgIpc) is 2.62. The zero-order chi connectivity index (χ0) is 12.3. The van der Waals surface area contributed by atoms with Gasteiger partial charge in [0, 0.05) is 19.5 Å². The summed E-state index contributed by atoms with van der Waals surface area (Å²) >= 11 is 0. The first-order chi connectivity index (χ1) is 8.16. The van der Waals surface area contributed by atoms with Crippen LogP contribution in [-0.4, -0.2) is 23.3 Å².